The Hall–Kier alpha value is -1.11. The fourth-order valence-corrected chi connectivity index (χ4v) is 3.56. The van der Waals surface area contributed by atoms with E-state index >= 15 is 0 Å². The first-order valence-electron chi connectivity index (χ1n) is 6.91. The van der Waals surface area contributed by atoms with Crippen molar-refractivity contribution in [3.05, 3.63) is 39.9 Å². The van der Waals surface area contributed by atoms with Crippen molar-refractivity contribution >= 4 is 17.4 Å². The van der Waals surface area contributed by atoms with Gasteiger partial charge in [0.05, 0.1) is 11.0 Å². The first kappa shape index (κ1) is 15.3. The van der Waals surface area contributed by atoms with E-state index in [4.69, 9.17) is 0 Å². The summed E-state index contributed by atoms with van der Waals surface area (Å²) in [5, 5.41) is 24.5. The molecule has 1 saturated heterocycles. The first-order valence-corrected chi connectivity index (χ1v) is 7.96. The van der Waals surface area contributed by atoms with Crippen LogP contribution in [0.1, 0.15) is 30.9 Å². The van der Waals surface area contributed by atoms with Crippen LogP contribution in [-0.2, 0) is 0 Å². The predicted molar refractivity (Wildman–Crippen MR) is 81.0 cm³/mol. The molecular formula is C14H20N2O3S. The quantitative estimate of drug-likeness (QED) is 0.623. The van der Waals surface area contributed by atoms with Gasteiger partial charge in [0.15, 0.2) is 0 Å². The van der Waals surface area contributed by atoms with Gasteiger partial charge in [-0.3, -0.25) is 10.1 Å². The van der Waals surface area contributed by atoms with Crippen molar-refractivity contribution in [3.63, 3.8) is 0 Å². The number of hydrogen-bond acceptors (Lipinski definition) is 5. The summed E-state index contributed by atoms with van der Waals surface area (Å²) in [5.41, 5.74) is 0.756. The molecule has 6 heteroatoms. The fourth-order valence-electron chi connectivity index (χ4n) is 2.29. The van der Waals surface area contributed by atoms with E-state index in [1.54, 1.807) is 12.1 Å². The number of aliphatic hydroxyl groups is 1. The number of nitro groups is 1. The Morgan fingerprint density at radius 2 is 2.15 bits per heavy atom. The molecule has 0 radical (unpaired) electrons. The molecule has 2 N–H and O–H groups in total. The molecule has 0 spiro atoms. The van der Waals surface area contributed by atoms with Gasteiger partial charge in [-0.15, -0.1) is 0 Å². The molecule has 2 unspecified atom stereocenters. The molecule has 0 bridgehead atoms. The Bertz CT molecular complexity index is 433. The molecule has 0 aliphatic carbocycles. The second-order valence-electron chi connectivity index (χ2n) is 5.01. The Morgan fingerprint density at radius 3 is 2.75 bits per heavy atom. The number of benzene rings is 1. The summed E-state index contributed by atoms with van der Waals surface area (Å²) in [6.07, 6.45) is 3.23. The molecule has 1 fully saturated rings. The van der Waals surface area contributed by atoms with Crippen LogP contribution in [0.25, 0.3) is 0 Å². The van der Waals surface area contributed by atoms with E-state index in [0.717, 1.165) is 6.54 Å². The van der Waals surface area contributed by atoms with Gasteiger partial charge in [0, 0.05) is 30.5 Å². The van der Waals surface area contributed by atoms with Crippen LogP contribution in [0.4, 0.5) is 5.69 Å². The number of nitrogens with zero attached hydrogens (tertiary/aromatic N) is 1. The summed E-state index contributed by atoms with van der Waals surface area (Å²) in [7, 11) is 0. The Labute approximate surface area is 122 Å². The zero-order valence-corrected chi connectivity index (χ0v) is 12.1. The highest BCUT2D eigenvalue weighted by Crippen LogP contribution is 2.24. The van der Waals surface area contributed by atoms with Crippen molar-refractivity contribution in [2.45, 2.75) is 30.6 Å². The van der Waals surface area contributed by atoms with E-state index in [2.05, 4.69) is 5.32 Å². The van der Waals surface area contributed by atoms with Crippen molar-refractivity contribution in [2.75, 3.05) is 18.8 Å². The van der Waals surface area contributed by atoms with Gasteiger partial charge in [-0.25, -0.2) is 0 Å². The largest absolute Gasteiger partial charge is 0.387 e. The average Bonchev–Trinajstić information content (AvgIpc) is 2.48. The molecule has 110 valence electrons. The SMILES string of the molecule is O=[N+]([O-])c1ccc(C(O)CNCC2CCCCS2)cc1. The molecule has 0 amide bonds. The molecule has 1 aromatic carbocycles. The van der Waals surface area contributed by atoms with E-state index in [9.17, 15) is 15.2 Å². The Kier molecular flexibility index (Phi) is 5.82. The summed E-state index contributed by atoms with van der Waals surface area (Å²) in [5.74, 6) is 1.23. The van der Waals surface area contributed by atoms with E-state index in [-0.39, 0.29) is 5.69 Å². The minimum atomic E-state index is -0.621. The number of nitrogens with one attached hydrogen (secondary N) is 1. The fraction of sp³-hybridized carbons (Fsp3) is 0.571. The van der Waals surface area contributed by atoms with Gasteiger partial charge in [0.25, 0.3) is 5.69 Å². The number of hydrogen-bond donors (Lipinski definition) is 2. The minimum Gasteiger partial charge on any atom is -0.387 e. The normalized spacial score (nSPS) is 20.6. The number of aliphatic hydroxyl groups excluding tert-OH is 1. The van der Waals surface area contributed by atoms with Crippen LogP contribution >= 0.6 is 11.8 Å². The third kappa shape index (κ3) is 4.47. The molecule has 2 atom stereocenters. The second kappa shape index (κ2) is 7.61. The van der Waals surface area contributed by atoms with Crippen LogP contribution < -0.4 is 5.32 Å². The molecule has 2 rings (SSSR count). The van der Waals surface area contributed by atoms with Crippen LogP contribution in [0.3, 0.4) is 0 Å². The molecule has 0 aromatic heterocycles. The van der Waals surface area contributed by atoms with Crippen LogP contribution in [0.2, 0.25) is 0 Å². The monoisotopic (exact) mass is 296 g/mol. The van der Waals surface area contributed by atoms with Crippen molar-refractivity contribution < 1.29 is 10.0 Å². The van der Waals surface area contributed by atoms with Gasteiger partial charge in [-0.2, -0.15) is 11.8 Å². The summed E-state index contributed by atoms with van der Waals surface area (Å²) < 4.78 is 0. The highest BCUT2D eigenvalue weighted by atomic mass is 32.2. The van der Waals surface area contributed by atoms with Gasteiger partial charge in [-0.1, -0.05) is 6.42 Å². The average molecular weight is 296 g/mol. The second-order valence-corrected chi connectivity index (χ2v) is 6.42. The first-order chi connectivity index (χ1) is 9.66. The van der Waals surface area contributed by atoms with E-state index in [1.165, 1.54) is 37.1 Å². The smallest absolute Gasteiger partial charge is 0.269 e. The third-order valence-corrected chi connectivity index (χ3v) is 4.87. The lowest BCUT2D eigenvalue weighted by Crippen LogP contribution is -2.30. The molecule has 1 aromatic rings. The van der Waals surface area contributed by atoms with Gasteiger partial charge >= 0.3 is 0 Å². The molecule has 0 saturated carbocycles. The summed E-state index contributed by atoms with van der Waals surface area (Å²) in [6, 6.07) is 6.07. The molecular weight excluding hydrogens is 276 g/mol. The van der Waals surface area contributed by atoms with Gasteiger partial charge < -0.3 is 10.4 Å². The highest BCUT2D eigenvalue weighted by Gasteiger charge is 2.15. The Balaban J connectivity index is 1.76. The van der Waals surface area contributed by atoms with E-state index < -0.39 is 11.0 Å². The lowest BCUT2D eigenvalue weighted by molar-refractivity contribution is -0.384. The summed E-state index contributed by atoms with van der Waals surface area (Å²) >= 11 is 2.00. The van der Waals surface area contributed by atoms with E-state index in [1.807, 2.05) is 11.8 Å². The maximum Gasteiger partial charge on any atom is 0.269 e. The lowest BCUT2D eigenvalue weighted by atomic mass is 10.1. The molecule has 1 aliphatic heterocycles. The summed E-state index contributed by atoms with van der Waals surface area (Å²) in [6.45, 7) is 1.39. The van der Waals surface area contributed by atoms with Gasteiger partial charge in [0.1, 0.15) is 0 Å². The summed E-state index contributed by atoms with van der Waals surface area (Å²) in [4.78, 5) is 10.1. The van der Waals surface area contributed by atoms with Crippen molar-refractivity contribution in [3.8, 4) is 0 Å². The lowest BCUT2D eigenvalue weighted by Gasteiger charge is -2.22. The minimum absolute atomic E-state index is 0.0486. The van der Waals surface area contributed by atoms with Gasteiger partial charge in [-0.05, 0) is 36.3 Å². The zero-order valence-electron chi connectivity index (χ0n) is 11.3. The highest BCUT2D eigenvalue weighted by molar-refractivity contribution is 7.99. The molecule has 1 aliphatic rings. The van der Waals surface area contributed by atoms with Gasteiger partial charge in [0.2, 0.25) is 0 Å². The number of non-ortho nitro benzene ring substituents is 1. The van der Waals surface area contributed by atoms with Crippen LogP contribution in [0.5, 0.6) is 0 Å². The predicted octanol–water partition coefficient (Wildman–Crippen LogP) is 2.50. The maximum absolute atomic E-state index is 10.6. The maximum atomic E-state index is 10.6. The number of thioether (sulfide) groups is 1. The number of rotatable bonds is 6. The Morgan fingerprint density at radius 1 is 1.40 bits per heavy atom. The molecule has 20 heavy (non-hydrogen) atoms. The van der Waals surface area contributed by atoms with Crippen LogP contribution in [-0.4, -0.2) is 34.1 Å². The van der Waals surface area contributed by atoms with Crippen LogP contribution in [0.15, 0.2) is 24.3 Å². The van der Waals surface area contributed by atoms with E-state index in [0.29, 0.717) is 17.4 Å². The number of nitro benzene ring substituents is 1. The van der Waals surface area contributed by atoms with Crippen molar-refractivity contribution in [1.82, 2.24) is 5.32 Å². The molecule has 1 heterocycles. The standard InChI is InChI=1S/C14H20N2O3S/c17-14(10-15-9-13-3-1-2-8-20-13)11-4-6-12(7-5-11)16(18)19/h4-7,13-15,17H,1-3,8-10H2. The van der Waals surface area contributed by atoms with Crippen molar-refractivity contribution in [1.29, 1.82) is 0 Å². The topological polar surface area (TPSA) is 75.4 Å². The van der Waals surface area contributed by atoms with Crippen molar-refractivity contribution in [2.24, 2.45) is 0 Å². The van der Waals surface area contributed by atoms with Crippen LogP contribution in [0, 0.1) is 10.1 Å². The zero-order chi connectivity index (χ0) is 14.4. The third-order valence-electron chi connectivity index (χ3n) is 3.47. The molecule has 5 nitrogen and oxygen atoms in total.